The molecular formula is C30H38N2O4. The predicted molar refractivity (Wildman–Crippen MR) is 142 cm³/mol. The highest BCUT2D eigenvalue weighted by Crippen LogP contribution is 2.30. The van der Waals surface area contributed by atoms with Crippen LogP contribution in [-0.2, 0) is 22.6 Å². The predicted octanol–water partition coefficient (Wildman–Crippen LogP) is 5.60. The number of carbonyl (C=O) groups excluding carboxylic acids is 1. The van der Waals surface area contributed by atoms with E-state index in [9.17, 15) is 4.79 Å². The summed E-state index contributed by atoms with van der Waals surface area (Å²) in [5, 5.41) is 0. The molecule has 4 rings (SSSR count). The molecule has 1 aromatic heterocycles. The van der Waals surface area contributed by atoms with Crippen LogP contribution in [-0.4, -0.2) is 54.2 Å². The van der Waals surface area contributed by atoms with Crippen molar-refractivity contribution < 1.29 is 18.7 Å². The van der Waals surface area contributed by atoms with E-state index < -0.39 is 5.60 Å². The van der Waals surface area contributed by atoms with Crippen LogP contribution in [0.5, 0.6) is 5.75 Å². The van der Waals surface area contributed by atoms with Crippen molar-refractivity contribution in [1.82, 2.24) is 9.80 Å². The van der Waals surface area contributed by atoms with Gasteiger partial charge in [-0.15, -0.1) is 0 Å². The van der Waals surface area contributed by atoms with E-state index in [4.69, 9.17) is 13.9 Å². The molecule has 2 aromatic carbocycles. The first-order valence-electron chi connectivity index (χ1n) is 12.8. The van der Waals surface area contributed by atoms with Gasteiger partial charge in [-0.05, 0) is 69.0 Å². The van der Waals surface area contributed by atoms with Crippen molar-refractivity contribution in [3.8, 4) is 17.1 Å². The first-order chi connectivity index (χ1) is 17.2. The zero-order valence-corrected chi connectivity index (χ0v) is 22.2. The molecule has 0 unspecified atom stereocenters. The van der Waals surface area contributed by atoms with Gasteiger partial charge in [-0.2, -0.15) is 0 Å². The maximum Gasteiger partial charge on any atom is 0.349 e. The molecule has 192 valence electrons. The van der Waals surface area contributed by atoms with Crippen LogP contribution in [0, 0.1) is 13.8 Å². The molecule has 3 aromatic rings. The third-order valence-corrected chi connectivity index (χ3v) is 6.68. The highest BCUT2D eigenvalue weighted by Gasteiger charge is 2.32. The number of hydrogen-bond acceptors (Lipinski definition) is 6. The van der Waals surface area contributed by atoms with Gasteiger partial charge < -0.3 is 13.9 Å². The van der Waals surface area contributed by atoms with Crippen LogP contribution in [0.2, 0.25) is 0 Å². The van der Waals surface area contributed by atoms with Crippen molar-refractivity contribution >= 4 is 5.97 Å². The Bertz CT molecular complexity index is 1120. The standard InChI is InChI=1S/C30H38N2O4/c1-6-34-29(33)30(4,5)36-28-22(2)18-25(19-23(28)3)21-32-15-13-31(14-16-32)20-24-9-11-26(12-10-24)27-8-7-17-35-27/h7-12,17-19H,6,13-16,20-21H2,1-5H3. The lowest BCUT2D eigenvalue weighted by molar-refractivity contribution is -0.158. The summed E-state index contributed by atoms with van der Waals surface area (Å²) in [5.41, 5.74) is 4.76. The van der Waals surface area contributed by atoms with E-state index in [0.29, 0.717) is 6.61 Å². The molecule has 0 radical (unpaired) electrons. The Balaban J connectivity index is 1.30. The molecule has 1 saturated heterocycles. The molecule has 36 heavy (non-hydrogen) atoms. The van der Waals surface area contributed by atoms with Crippen molar-refractivity contribution in [2.45, 2.75) is 53.3 Å². The summed E-state index contributed by atoms with van der Waals surface area (Å²) < 4.78 is 16.8. The number of ether oxygens (including phenoxy) is 2. The molecule has 2 heterocycles. The normalized spacial score (nSPS) is 15.1. The minimum absolute atomic E-state index is 0.341. The second-order valence-corrected chi connectivity index (χ2v) is 10.1. The van der Waals surface area contributed by atoms with Gasteiger partial charge in [0.15, 0.2) is 5.60 Å². The summed E-state index contributed by atoms with van der Waals surface area (Å²) >= 11 is 0. The van der Waals surface area contributed by atoms with Crippen molar-refractivity contribution in [2.24, 2.45) is 0 Å². The number of rotatable bonds is 9. The van der Waals surface area contributed by atoms with Crippen LogP contribution < -0.4 is 4.74 Å². The first-order valence-corrected chi connectivity index (χ1v) is 12.8. The maximum atomic E-state index is 12.3. The Morgan fingerprint density at radius 1 is 0.917 bits per heavy atom. The topological polar surface area (TPSA) is 55.2 Å². The van der Waals surface area contributed by atoms with Crippen LogP contribution in [0.1, 0.15) is 43.0 Å². The molecule has 0 bridgehead atoms. The van der Waals surface area contributed by atoms with E-state index in [1.54, 1.807) is 27.0 Å². The summed E-state index contributed by atoms with van der Waals surface area (Å²) in [6, 6.07) is 16.9. The number of carbonyl (C=O) groups is 1. The molecule has 6 heteroatoms. The number of furan rings is 1. The molecule has 0 amide bonds. The van der Waals surface area contributed by atoms with Gasteiger partial charge in [-0.3, -0.25) is 9.80 Å². The molecule has 0 aliphatic carbocycles. The van der Waals surface area contributed by atoms with Crippen LogP contribution in [0.25, 0.3) is 11.3 Å². The fourth-order valence-electron chi connectivity index (χ4n) is 4.73. The van der Waals surface area contributed by atoms with E-state index in [-0.39, 0.29) is 5.97 Å². The number of esters is 1. The average molecular weight is 491 g/mol. The second kappa shape index (κ2) is 11.3. The van der Waals surface area contributed by atoms with Crippen LogP contribution in [0.4, 0.5) is 0 Å². The molecule has 0 spiro atoms. The zero-order chi connectivity index (χ0) is 25.7. The Labute approximate surface area is 214 Å². The monoisotopic (exact) mass is 490 g/mol. The largest absolute Gasteiger partial charge is 0.476 e. The fourth-order valence-corrected chi connectivity index (χ4v) is 4.73. The molecule has 0 saturated carbocycles. The number of aryl methyl sites for hydroxylation is 2. The molecule has 1 aliphatic rings. The highest BCUT2D eigenvalue weighted by atomic mass is 16.6. The van der Waals surface area contributed by atoms with Gasteiger partial charge >= 0.3 is 5.97 Å². The second-order valence-electron chi connectivity index (χ2n) is 10.1. The van der Waals surface area contributed by atoms with Gasteiger partial charge in [0, 0.05) is 44.8 Å². The number of benzene rings is 2. The van der Waals surface area contributed by atoms with E-state index in [2.05, 4.69) is 46.2 Å². The van der Waals surface area contributed by atoms with Gasteiger partial charge in [-0.25, -0.2) is 4.79 Å². The van der Waals surface area contributed by atoms with Gasteiger partial charge in [-0.1, -0.05) is 36.4 Å². The maximum absolute atomic E-state index is 12.3. The summed E-state index contributed by atoms with van der Waals surface area (Å²) in [4.78, 5) is 17.3. The number of nitrogens with zero attached hydrogens (tertiary/aromatic N) is 2. The van der Waals surface area contributed by atoms with Gasteiger partial charge in [0.25, 0.3) is 0 Å². The van der Waals surface area contributed by atoms with E-state index in [0.717, 1.165) is 67.5 Å². The van der Waals surface area contributed by atoms with Crippen LogP contribution >= 0.6 is 0 Å². The third kappa shape index (κ3) is 6.37. The van der Waals surface area contributed by atoms with Gasteiger partial charge in [0.05, 0.1) is 12.9 Å². The van der Waals surface area contributed by atoms with Crippen LogP contribution in [0.3, 0.4) is 0 Å². The fraction of sp³-hybridized carbons (Fsp3) is 0.433. The number of piperazine rings is 1. The molecule has 6 nitrogen and oxygen atoms in total. The first kappa shape index (κ1) is 26.0. The van der Waals surface area contributed by atoms with Crippen molar-refractivity contribution in [3.63, 3.8) is 0 Å². The molecule has 1 aliphatic heterocycles. The lowest BCUT2D eigenvalue weighted by Gasteiger charge is -2.35. The smallest absolute Gasteiger partial charge is 0.349 e. The quantitative estimate of drug-likeness (QED) is 0.364. The van der Waals surface area contributed by atoms with E-state index in [1.165, 1.54) is 11.1 Å². The lowest BCUT2D eigenvalue weighted by atomic mass is 10.0. The lowest BCUT2D eigenvalue weighted by Crippen LogP contribution is -2.45. The Hall–Kier alpha value is -3.09. The zero-order valence-electron chi connectivity index (χ0n) is 22.2. The summed E-state index contributed by atoms with van der Waals surface area (Å²) in [6.45, 7) is 15.8. The third-order valence-electron chi connectivity index (χ3n) is 6.68. The summed E-state index contributed by atoms with van der Waals surface area (Å²) in [5.74, 6) is 1.32. The molecule has 0 atom stereocenters. The van der Waals surface area contributed by atoms with Crippen molar-refractivity contribution in [3.05, 3.63) is 77.0 Å². The molecule has 0 N–H and O–H groups in total. The van der Waals surface area contributed by atoms with Gasteiger partial charge in [0.1, 0.15) is 11.5 Å². The van der Waals surface area contributed by atoms with Crippen LogP contribution in [0.15, 0.2) is 59.2 Å². The van der Waals surface area contributed by atoms with E-state index in [1.807, 2.05) is 26.0 Å². The SMILES string of the molecule is CCOC(=O)C(C)(C)Oc1c(C)cc(CN2CCN(Cc3ccc(-c4ccco4)cc3)CC2)cc1C. The van der Waals surface area contributed by atoms with Crippen molar-refractivity contribution in [2.75, 3.05) is 32.8 Å². The number of hydrogen-bond donors (Lipinski definition) is 0. The molecule has 1 fully saturated rings. The highest BCUT2D eigenvalue weighted by molar-refractivity contribution is 5.79. The minimum Gasteiger partial charge on any atom is -0.476 e. The Morgan fingerprint density at radius 3 is 2.03 bits per heavy atom. The average Bonchev–Trinajstić information content (AvgIpc) is 3.38. The molecular weight excluding hydrogens is 452 g/mol. The summed E-state index contributed by atoms with van der Waals surface area (Å²) in [6.07, 6.45) is 1.71. The van der Waals surface area contributed by atoms with Gasteiger partial charge in [0.2, 0.25) is 0 Å². The van der Waals surface area contributed by atoms with Crippen molar-refractivity contribution in [1.29, 1.82) is 0 Å². The minimum atomic E-state index is -1.03. The van der Waals surface area contributed by atoms with E-state index >= 15 is 0 Å². The Morgan fingerprint density at radius 2 is 1.50 bits per heavy atom. The Kier molecular flexibility index (Phi) is 8.17. The summed E-state index contributed by atoms with van der Waals surface area (Å²) in [7, 11) is 0.